The highest BCUT2D eigenvalue weighted by Crippen LogP contribution is 2.72. The molecule has 3 nitrogen and oxygen atoms in total. The summed E-state index contributed by atoms with van der Waals surface area (Å²) in [6.07, 6.45) is 0. The van der Waals surface area contributed by atoms with Gasteiger partial charge in [-0.15, -0.1) is 0 Å². The lowest BCUT2D eigenvalue weighted by Gasteiger charge is -2.25. The topological polar surface area (TPSA) is 35.5 Å². The maximum atomic E-state index is 13.1. The van der Waals surface area contributed by atoms with E-state index in [0.29, 0.717) is 17.4 Å². The molecule has 2 aromatic rings. The Bertz CT molecular complexity index is 770. The number of rotatable bonds is 3. The molecule has 0 radical (unpaired) electrons. The second-order valence-electron chi connectivity index (χ2n) is 5.72. The molecule has 1 heterocycles. The highest BCUT2D eigenvalue weighted by atomic mass is 35.5. The van der Waals surface area contributed by atoms with Crippen molar-refractivity contribution in [2.24, 2.45) is 0 Å². The van der Waals surface area contributed by atoms with Gasteiger partial charge in [-0.25, -0.2) is 4.57 Å². The van der Waals surface area contributed by atoms with Crippen LogP contribution in [0, 0.1) is 0 Å². The molecule has 5 heteroatoms. The monoisotopic (exact) mass is 336 g/mol. The average molecular weight is 337 g/mol. The van der Waals surface area contributed by atoms with Crippen molar-refractivity contribution in [3.63, 3.8) is 0 Å². The van der Waals surface area contributed by atoms with Crippen LogP contribution in [-0.4, -0.2) is 6.61 Å². The first-order valence-corrected chi connectivity index (χ1v) is 9.15. The molecule has 0 saturated heterocycles. The van der Waals surface area contributed by atoms with E-state index in [4.69, 9.17) is 20.6 Å². The Hall–Kier alpha value is -1.28. The molecule has 1 unspecified atom stereocenters. The zero-order chi connectivity index (χ0) is 16.0. The lowest BCUT2D eigenvalue weighted by atomic mass is 9.91. The molecule has 0 bridgehead atoms. The van der Waals surface area contributed by atoms with Crippen molar-refractivity contribution in [1.29, 1.82) is 0 Å². The predicted molar refractivity (Wildman–Crippen MR) is 89.8 cm³/mol. The van der Waals surface area contributed by atoms with Crippen molar-refractivity contribution in [1.82, 2.24) is 0 Å². The van der Waals surface area contributed by atoms with Crippen LogP contribution >= 0.6 is 19.2 Å². The molecule has 0 aromatic heterocycles. The Morgan fingerprint density at radius 3 is 2.50 bits per heavy atom. The van der Waals surface area contributed by atoms with E-state index in [1.807, 2.05) is 63.2 Å². The molecule has 0 spiro atoms. The highest BCUT2D eigenvalue weighted by molar-refractivity contribution is 7.56. The molecule has 0 N–H and O–H groups in total. The summed E-state index contributed by atoms with van der Waals surface area (Å²) in [5, 5.41) is -0.0708. The first kappa shape index (κ1) is 15.6. The van der Waals surface area contributed by atoms with Crippen LogP contribution in [0.5, 0.6) is 5.75 Å². The molecule has 0 amide bonds. The Morgan fingerprint density at radius 2 is 1.82 bits per heavy atom. The number of benzene rings is 2. The minimum atomic E-state index is -3.26. The third-order valence-corrected chi connectivity index (χ3v) is 6.96. The van der Waals surface area contributed by atoms with Crippen LogP contribution in [0.2, 0.25) is 5.02 Å². The summed E-state index contributed by atoms with van der Waals surface area (Å²) in [4.78, 5) is 0. The van der Waals surface area contributed by atoms with E-state index < -0.39 is 12.8 Å². The van der Waals surface area contributed by atoms with Gasteiger partial charge in [0.15, 0.2) is 0 Å². The van der Waals surface area contributed by atoms with Gasteiger partial charge in [-0.05, 0) is 38.5 Å². The normalized spacial score (nSPS) is 22.2. The van der Waals surface area contributed by atoms with Crippen LogP contribution in [0.4, 0.5) is 0 Å². The van der Waals surface area contributed by atoms with E-state index >= 15 is 0 Å². The van der Waals surface area contributed by atoms with Gasteiger partial charge >= 0.3 is 7.60 Å². The Morgan fingerprint density at radius 1 is 1.14 bits per heavy atom. The molecule has 0 fully saturated rings. The van der Waals surface area contributed by atoms with Gasteiger partial charge < -0.3 is 4.52 Å². The van der Waals surface area contributed by atoms with Crippen molar-refractivity contribution in [3.05, 3.63) is 53.1 Å². The quantitative estimate of drug-likeness (QED) is 0.658. The van der Waals surface area contributed by atoms with Gasteiger partial charge in [0.05, 0.1) is 6.61 Å². The molecule has 1 atom stereocenters. The molecular formula is C17H18ClO3P. The summed E-state index contributed by atoms with van der Waals surface area (Å²) in [5.41, 5.74) is 2.73. The summed E-state index contributed by atoms with van der Waals surface area (Å²) < 4.78 is 24.4. The van der Waals surface area contributed by atoms with E-state index in [2.05, 4.69) is 0 Å². The van der Waals surface area contributed by atoms with Crippen LogP contribution in [0.3, 0.4) is 0 Å². The molecule has 0 saturated carbocycles. The molecule has 1 aliphatic heterocycles. The zero-order valence-corrected chi connectivity index (χ0v) is 14.4. The van der Waals surface area contributed by atoms with Crippen molar-refractivity contribution < 1.29 is 13.6 Å². The van der Waals surface area contributed by atoms with E-state index in [-0.39, 0.29) is 0 Å². The highest BCUT2D eigenvalue weighted by Gasteiger charge is 2.54. The van der Waals surface area contributed by atoms with Crippen molar-refractivity contribution in [3.8, 4) is 16.9 Å². The van der Waals surface area contributed by atoms with Crippen LogP contribution in [0.25, 0.3) is 11.1 Å². The second kappa shape index (κ2) is 5.42. The van der Waals surface area contributed by atoms with Crippen LogP contribution in [0.1, 0.15) is 26.3 Å². The molecule has 1 aliphatic rings. The number of halogens is 1. The molecule has 22 heavy (non-hydrogen) atoms. The lowest BCUT2D eigenvalue weighted by molar-refractivity contribution is 0.270. The number of hydrogen-bond donors (Lipinski definition) is 0. The molecular weight excluding hydrogens is 319 g/mol. The summed E-state index contributed by atoms with van der Waals surface area (Å²) in [5.74, 6) is 0.610. The fraction of sp³-hybridized carbons (Fsp3) is 0.294. The minimum Gasteiger partial charge on any atom is -0.423 e. The van der Waals surface area contributed by atoms with Gasteiger partial charge in [-0.2, -0.15) is 0 Å². The minimum absolute atomic E-state index is 0.343. The molecule has 3 rings (SSSR count). The van der Waals surface area contributed by atoms with Crippen molar-refractivity contribution in [2.75, 3.05) is 6.61 Å². The van der Waals surface area contributed by atoms with E-state index in [1.54, 1.807) is 0 Å². The Balaban J connectivity index is 2.24. The van der Waals surface area contributed by atoms with Crippen molar-refractivity contribution in [2.45, 2.75) is 25.9 Å². The number of fused-ring (bicyclic) bond motifs is 1. The van der Waals surface area contributed by atoms with Gasteiger partial charge in [0.25, 0.3) is 0 Å². The van der Waals surface area contributed by atoms with Gasteiger partial charge in [-0.1, -0.05) is 41.9 Å². The van der Waals surface area contributed by atoms with E-state index in [1.165, 1.54) is 0 Å². The van der Waals surface area contributed by atoms with Gasteiger partial charge in [-0.3, -0.25) is 4.52 Å². The second-order valence-corrected chi connectivity index (χ2v) is 8.69. The van der Waals surface area contributed by atoms with Crippen LogP contribution < -0.4 is 4.52 Å². The maximum absolute atomic E-state index is 13.1. The average Bonchev–Trinajstić information content (AvgIpc) is 2.67. The van der Waals surface area contributed by atoms with E-state index in [0.717, 1.165) is 16.7 Å². The van der Waals surface area contributed by atoms with Crippen LogP contribution in [-0.2, 0) is 14.2 Å². The fourth-order valence-electron chi connectivity index (χ4n) is 2.88. The fourth-order valence-corrected chi connectivity index (χ4v) is 4.98. The first-order valence-electron chi connectivity index (χ1n) is 7.23. The summed E-state index contributed by atoms with van der Waals surface area (Å²) in [7, 11) is -3.26. The van der Waals surface area contributed by atoms with Crippen molar-refractivity contribution >= 4 is 19.2 Å². The lowest BCUT2D eigenvalue weighted by Crippen LogP contribution is -2.16. The SMILES string of the molecule is CCOP1(=O)Oc2cccc(-c3ccccc3Cl)c2C1(C)C. The largest absolute Gasteiger partial charge is 0.423 e. The maximum Gasteiger partial charge on any atom is 0.389 e. The zero-order valence-electron chi connectivity index (χ0n) is 12.8. The van der Waals surface area contributed by atoms with Gasteiger partial charge in [0.1, 0.15) is 10.9 Å². The number of hydrogen-bond acceptors (Lipinski definition) is 3. The molecule has 2 aromatic carbocycles. The third kappa shape index (κ3) is 2.20. The summed E-state index contributed by atoms with van der Waals surface area (Å²) in [6, 6.07) is 13.3. The van der Waals surface area contributed by atoms with Gasteiger partial charge in [0.2, 0.25) is 0 Å². The molecule has 0 aliphatic carbocycles. The predicted octanol–water partition coefficient (Wildman–Crippen LogP) is 5.86. The Labute approximate surface area is 135 Å². The van der Waals surface area contributed by atoms with Crippen LogP contribution in [0.15, 0.2) is 42.5 Å². The summed E-state index contributed by atoms with van der Waals surface area (Å²) in [6.45, 7) is 5.96. The third-order valence-electron chi connectivity index (χ3n) is 4.00. The van der Waals surface area contributed by atoms with Gasteiger partial charge in [0, 0.05) is 16.1 Å². The molecule has 116 valence electrons. The van der Waals surface area contributed by atoms with E-state index in [9.17, 15) is 4.57 Å². The first-order chi connectivity index (χ1) is 10.4. The standard InChI is InChI=1S/C17H18ClO3P/c1-4-20-22(19)17(2,3)16-13(9-7-11-15(16)21-22)12-8-5-6-10-14(12)18/h5-11H,4H2,1-3H3. The smallest absolute Gasteiger partial charge is 0.389 e. The Kier molecular flexibility index (Phi) is 3.84. The summed E-state index contributed by atoms with van der Waals surface area (Å²) >= 11 is 6.34.